The van der Waals surface area contributed by atoms with Gasteiger partial charge in [0, 0.05) is 73.0 Å². The highest BCUT2D eigenvalue weighted by atomic mass is 35.5. The molecule has 0 aliphatic carbocycles. The summed E-state index contributed by atoms with van der Waals surface area (Å²) in [5.41, 5.74) is 3.00. The second kappa shape index (κ2) is 11.6. The third kappa shape index (κ3) is 5.65. The summed E-state index contributed by atoms with van der Waals surface area (Å²) >= 11 is 13.0. The molecule has 4 aromatic rings. The van der Waals surface area contributed by atoms with Crippen molar-refractivity contribution < 1.29 is 0 Å². The molecule has 0 unspecified atom stereocenters. The normalized spacial score (nSPS) is 19.6. The molecule has 1 atom stereocenters. The van der Waals surface area contributed by atoms with Crippen LogP contribution >= 0.6 is 23.2 Å². The lowest BCUT2D eigenvalue weighted by atomic mass is 9.97. The average molecular weight is 568 g/mol. The van der Waals surface area contributed by atoms with Crippen LogP contribution in [0.5, 0.6) is 0 Å². The number of aromatic amines is 2. The summed E-state index contributed by atoms with van der Waals surface area (Å²) in [7, 11) is 0. The molecule has 0 amide bonds. The van der Waals surface area contributed by atoms with Gasteiger partial charge in [0.2, 0.25) is 5.82 Å². The number of pyridine rings is 1. The van der Waals surface area contributed by atoms with Crippen molar-refractivity contribution in [3.63, 3.8) is 0 Å². The number of imidazole rings is 1. The lowest BCUT2D eigenvalue weighted by Crippen LogP contribution is -2.58. The standard InChI is InChI=1S/C27H32Cl2N10/c1-2-21-17-38(27-24(29)13-19(15-32-27)25-30-7-8-31-25)11-12-39(21)22-5-9-37(10-6-22)16-18-3-4-20(28)14-23(18)26-33-35-36-34-26/h3-4,7-8,13-15,21-22H,2,5-6,9-12,16-17H2,1H3,(H,30,31)(H,33,34,35,36)/t21-/m0/s1. The van der Waals surface area contributed by atoms with Crippen LogP contribution in [0.15, 0.2) is 42.9 Å². The van der Waals surface area contributed by atoms with Crippen LogP contribution in [0.3, 0.4) is 0 Å². The van der Waals surface area contributed by atoms with Gasteiger partial charge in [-0.05, 0) is 61.3 Å². The number of benzene rings is 1. The maximum atomic E-state index is 6.71. The van der Waals surface area contributed by atoms with Gasteiger partial charge in [-0.3, -0.25) is 9.80 Å². The third-order valence-electron chi connectivity index (χ3n) is 7.97. The number of tetrazole rings is 1. The number of piperazine rings is 1. The van der Waals surface area contributed by atoms with E-state index in [4.69, 9.17) is 28.2 Å². The topological polar surface area (TPSA) is 106 Å². The molecule has 2 N–H and O–H groups in total. The summed E-state index contributed by atoms with van der Waals surface area (Å²) < 4.78 is 0. The molecule has 3 aromatic heterocycles. The summed E-state index contributed by atoms with van der Waals surface area (Å²) in [6.07, 6.45) is 8.79. The van der Waals surface area contributed by atoms with Gasteiger partial charge in [-0.15, -0.1) is 10.2 Å². The van der Waals surface area contributed by atoms with E-state index < -0.39 is 0 Å². The zero-order chi connectivity index (χ0) is 26.8. The number of nitrogens with one attached hydrogen (secondary N) is 2. The van der Waals surface area contributed by atoms with Crippen molar-refractivity contribution >= 4 is 29.0 Å². The molecule has 0 saturated carbocycles. The van der Waals surface area contributed by atoms with E-state index in [1.54, 1.807) is 12.4 Å². The third-order valence-corrected chi connectivity index (χ3v) is 8.48. The van der Waals surface area contributed by atoms with Gasteiger partial charge in [0.15, 0.2) is 0 Å². The van der Waals surface area contributed by atoms with Crippen LogP contribution in [-0.4, -0.2) is 90.2 Å². The van der Waals surface area contributed by atoms with Gasteiger partial charge < -0.3 is 9.88 Å². The van der Waals surface area contributed by atoms with Gasteiger partial charge in [0.05, 0.1) is 5.02 Å². The van der Waals surface area contributed by atoms with Gasteiger partial charge in [-0.25, -0.2) is 9.97 Å². The number of nitrogens with zero attached hydrogens (tertiary/aromatic N) is 8. The van der Waals surface area contributed by atoms with Crippen LogP contribution in [0.1, 0.15) is 31.7 Å². The second-order valence-corrected chi connectivity index (χ2v) is 11.1. The Morgan fingerprint density at radius 2 is 1.92 bits per heavy atom. The summed E-state index contributed by atoms with van der Waals surface area (Å²) in [5, 5.41) is 15.9. The molecule has 0 spiro atoms. The van der Waals surface area contributed by atoms with E-state index in [0.29, 0.717) is 28.0 Å². The van der Waals surface area contributed by atoms with Crippen molar-refractivity contribution in [2.75, 3.05) is 37.6 Å². The number of rotatable bonds is 7. The van der Waals surface area contributed by atoms with Gasteiger partial charge in [-0.2, -0.15) is 5.21 Å². The van der Waals surface area contributed by atoms with E-state index in [2.05, 4.69) is 58.3 Å². The van der Waals surface area contributed by atoms with Crippen molar-refractivity contribution in [3.8, 4) is 22.8 Å². The molecule has 39 heavy (non-hydrogen) atoms. The minimum atomic E-state index is 0.471. The fourth-order valence-electron chi connectivity index (χ4n) is 5.94. The van der Waals surface area contributed by atoms with E-state index in [0.717, 1.165) is 81.3 Å². The SMILES string of the molecule is CC[C@H]1CN(c2ncc(-c3ncc[nH]3)cc2Cl)CCN1C1CCN(Cc2ccc(Cl)cc2-c2nn[nH]n2)CC1. The second-order valence-electron chi connectivity index (χ2n) is 10.3. The highest BCUT2D eigenvalue weighted by Gasteiger charge is 2.34. The number of halogens is 2. The molecule has 6 rings (SSSR count). The Bertz CT molecular complexity index is 1370. The van der Waals surface area contributed by atoms with Crippen molar-refractivity contribution in [2.24, 2.45) is 0 Å². The Labute approximate surface area is 237 Å². The van der Waals surface area contributed by atoms with Gasteiger partial charge >= 0.3 is 0 Å². The molecule has 1 aromatic carbocycles. The Balaban J connectivity index is 1.07. The predicted molar refractivity (Wildman–Crippen MR) is 153 cm³/mol. The van der Waals surface area contributed by atoms with Crippen molar-refractivity contribution in [3.05, 3.63) is 58.5 Å². The number of likely N-dealkylation sites (tertiary alicyclic amines) is 1. The summed E-state index contributed by atoms with van der Waals surface area (Å²) in [6.45, 7) is 8.10. The van der Waals surface area contributed by atoms with Crippen LogP contribution in [0.25, 0.3) is 22.8 Å². The van der Waals surface area contributed by atoms with E-state index >= 15 is 0 Å². The van der Waals surface area contributed by atoms with Crippen molar-refractivity contribution in [1.82, 2.24) is 45.4 Å². The number of H-pyrrole nitrogens is 2. The zero-order valence-corrected chi connectivity index (χ0v) is 23.4. The minimum Gasteiger partial charge on any atom is -0.353 e. The molecule has 2 aliphatic rings. The van der Waals surface area contributed by atoms with Crippen LogP contribution < -0.4 is 4.90 Å². The zero-order valence-electron chi connectivity index (χ0n) is 21.9. The van der Waals surface area contributed by atoms with Crippen molar-refractivity contribution in [2.45, 2.75) is 44.8 Å². The molecule has 10 nitrogen and oxygen atoms in total. The molecular formula is C27H32Cl2N10. The van der Waals surface area contributed by atoms with Crippen LogP contribution in [0.4, 0.5) is 5.82 Å². The first-order valence-corrected chi connectivity index (χ1v) is 14.2. The summed E-state index contributed by atoms with van der Waals surface area (Å²) in [4.78, 5) is 19.7. The molecule has 0 radical (unpaired) electrons. The van der Waals surface area contributed by atoms with Gasteiger partial charge in [0.1, 0.15) is 11.6 Å². The Morgan fingerprint density at radius 1 is 1.05 bits per heavy atom. The van der Waals surface area contributed by atoms with E-state index in [9.17, 15) is 0 Å². The molecule has 0 bridgehead atoms. The van der Waals surface area contributed by atoms with Crippen molar-refractivity contribution in [1.29, 1.82) is 0 Å². The lowest BCUT2D eigenvalue weighted by molar-refractivity contribution is 0.0611. The number of aromatic nitrogens is 7. The number of piperidine rings is 1. The van der Waals surface area contributed by atoms with E-state index in [1.165, 1.54) is 5.56 Å². The number of hydrogen-bond donors (Lipinski definition) is 2. The van der Waals surface area contributed by atoms with Crippen LogP contribution in [0.2, 0.25) is 10.0 Å². The molecule has 12 heteroatoms. The minimum absolute atomic E-state index is 0.471. The van der Waals surface area contributed by atoms with E-state index in [1.807, 2.05) is 24.4 Å². The quantitative estimate of drug-likeness (QED) is 0.336. The highest BCUT2D eigenvalue weighted by Crippen LogP contribution is 2.32. The van der Waals surface area contributed by atoms with Crippen LogP contribution in [-0.2, 0) is 6.54 Å². The first kappa shape index (κ1) is 26.2. The fourth-order valence-corrected chi connectivity index (χ4v) is 6.40. The Morgan fingerprint density at radius 3 is 2.64 bits per heavy atom. The number of hydrogen-bond acceptors (Lipinski definition) is 8. The van der Waals surface area contributed by atoms with Crippen LogP contribution in [0, 0.1) is 0 Å². The van der Waals surface area contributed by atoms with E-state index in [-0.39, 0.29) is 0 Å². The molecule has 2 fully saturated rings. The van der Waals surface area contributed by atoms with Gasteiger partial charge in [0.25, 0.3) is 0 Å². The maximum absolute atomic E-state index is 6.71. The Kier molecular flexibility index (Phi) is 7.78. The fraction of sp³-hybridized carbons (Fsp3) is 0.444. The first-order valence-electron chi connectivity index (χ1n) is 13.5. The smallest absolute Gasteiger partial charge is 0.205 e. The molecule has 2 aliphatic heterocycles. The summed E-state index contributed by atoms with van der Waals surface area (Å²) in [6, 6.07) is 8.94. The lowest BCUT2D eigenvalue weighted by Gasteiger charge is -2.47. The molecular weight excluding hydrogens is 535 g/mol. The largest absolute Gasteiger partial charge is 0.353 e. The average Bonchev–Trinajstić information content (AvgIpc) is 3.69. The molecule has 204 valence electrons. The molecule has 5 heterocycles. The first-order chi connectivity index (χ1) is 19.1. The number of anilines is 1. The molecule has 2 saturated heterocycles. The summed E-state index contributed by atoms with van der Waals surface area (Å²) in [5.74, 6) is 2.22. The maximum Gasteiger partial charge on any atom is 0.205 e. The highest BCUT2D eigenvalue weighted by molar-refractivity contribution is 6.33. The Hall–Kier alpha value is -3.05. The monoisotopic (exact) mass is 566 g/mol. The van der Waals surface area contributed by atoms with Gasteiger partial charge in [-0.1, -0.05) is 36.2 Å². The predicted octanol–water partition coefficient (Wildman–Crippen LogP) is 4.52.